The molecule has 0 aliphatic carbocycles. The molecular weight excluding hydrogens is 230 g/mol. The van der Waals surface area contributed by atoms with E-state index in [0.717, 1.165) is 11.1 Å². The first kappa shape index (κ1) is 12.4. The molecule has 0 radical (unpaired) electrons. The van der Waals surface area contributed by atoms with E-state index in [1.54, 1.807) is 26.0 Å². The van der Waals surface area contributed by atoms with Gasteiger partial charge >= 0.3 is 0 Å². The van der Waals surface area contributed by atoms with Crippen molar-refractivity contribution >= 4 is 28.1 Å². The molecule has 0 saturated carbocycles. The summed E-state index contributed by atoms with van der Waals surface area (Å²) in [4.78, 5) is 20.9. The molecule has 5 heteroatoms. The van der Waals surface area contributed by atoms with Crippen LogP contribution < -0.4 is 0 Å². The minimum absolute atomic E-state index is 0.0198. The summed E-state index contributed by atoms with van der Waals surface area (Å²) in [6.07, 6.45) is 0. The topological polar surface area (TPSA) is 60.2 Å². The molecule has 0 saturated heterocycles. The number of nitro groups is 1. The van der Waals surface area contributed by atoms with Crippen molar-refractivity contribution in [1.29, 1.82) is 0 Å². The Kier molecular flexibility index (Phi) is 3.79. The predicted octanol–water partition coefficient (Wildman–Crippen LogP) is 3.15. The zero-order valence-electron chi connectivity index (χ0n) is 8.86. The van der Waals surface area contributed by atoms with Crippen molar-refractivity contribution in [2.24, 2.45) is 0 Å². The molecule has 0 N–H and O–H groups in total. The highest BCUT2D eigenvalue weighted by Gasteiger charge is 2.08. The van der Waals surface area contributed by atoms with E-state index >= 15 is 0 Å². The average molecular weight is 240 g/mol. The van der Waals surface area contributed by atoms with Crippen LogP contribution in [-0.4, -0.2) is 10.2 Å². The van der Waals surface area contributed by atoms with Crippen LogP contribution in [0.25, 0.3) is 5.57 Å². The molecule has 0 heterocycles. The van der Waals surface area contributed by atoms with Crippen LogP contribution >= 0.6 is 11.6 Å². The zero-order valence-corrected chi connectivity index (χ0v) is 9.62. The van der Waals surface area contributed by atoms with Gasteiger partial charge in [0, 0.05) is 17.7 Å². The maximum Gasteiger partial charge on any atom is 0.269 e. The zero-order chi connectivity index (χ0) is 12.3. The third-order valence-electron chi connectivity index (χ3n) is 2.37. The monoisotopic (exact) mass is 239 g/mol. The fraction of sp³-hybridized carbons (Fsp3) is 0.182. The number of benzene rings is 1. The van der Waals surface area contributed by atoms with Gasteiger partial charge in [-0.05, 0) is 48.7 Å². The third kappa shape index (κ3) is 2.67. The number of allylic oxidation sites excluding steroid dienone is 2. The normalized spacial score (nSPS) is 11.9. The predicted molar refractivity (Wildman–Crippen MR) is 62.2 cm³/mol. The maximum absolute atomic E-state index is 10.9. The molecule has 1 rings (SSSR count). The molecule has 0 aliphatic heterocycles. The lowest BCUT2D eigenvalue weighted by Crippen LogP contribution is -1.93. The van der Waals surface area contributed by atoms with E-state index in [-0.39, 0.29) is 5.69 Å². The van der Waals surface area contributed by atoms with E-state index in [1.807, 2.05) is 0 Å². The summed E-state index contributed by atoms with van der Waals surface area (Å²) in [5, 5.41) is 9.92. The van der Waals surface area contributed by atoms with Crippen LogP contribution in [0.15, 0.2) is 29.8 Å². The van der Waals surface area contributed by atoms with Crippen LogP contribution in [0.4, 0.5) is 5.69 Å². The number of carbonyl (C=O) groups excluding carboxylic acids is 1. The van der Waals surface area contributed by atoms with Crippen molar-refractivity contribution in [2.45, 2.75) is 13.8 Å². The van der Waals surface area contributed by atoms with Crippen molar-refractivity contribution < 1.29 is 9.72 Å². The van der Waals surface area contributed by atoms with Gasteiger partial charge in [0.2, 0.25) is 5.24 Å². The summed E-state index contributed by atoms with van der Waals surface area (Å²) in [7, 11) is 0. The summed E-state index contributed by atoms with van der Waals surface area (Å²) in [5.41, 5.74) is 1.92. The summed E-state index contributed by atoms with van der Waals surface area (Å²) < 4.78 is 0. The fourth-order valence-corrected chi connectivity index (χ4v) is 1.34. The van der Waals surface area contributed by atoms with Crippen LogP contribution in [-0.2, 0) is 4.79 Å². The van der Waals surface area contributed by atoms with Crippen molar-refractivity contribution in [3.8, 4) is 0 Å². The number of rotatable bonds is 3. The Bertz CT molecular complexity index is 463. The molecule has 0 bridgehead atoms. The molecule has 0 fully saturated rings. The summed E-state index contributed by atoms with van der Waals surface area (Å²) in [6.45, 7) is 3.36. The first-order chi connectivity index (χ1) is 7.43. The molecule has 1 aromatic rings. The number of nitro benzene ring substituents is 1. The molecular formula is C11H10ClNO3. The molecule has 0 aromatic heterocycles. The maximum atomic E-state index is 10.9. The van der Waals surface area contributed by atoms with Gasteiger partial charge in [-0.3, -0.25) is 14.9 Å². The van der Waals surface area contributed by atoms with Crippen LogP contribution in [0.3, 0.4) is 0 Å². The fourth-order valence-electron chi connectivity index (χ4n) is 1.20. The van der Waals surface area contributed by atoms with Gasteiger partial charge < -0.3 is 0 Å². The summed E-state index contributed by atoms with van der Waals surface area (Å²) in [6, 6.07) is 5.98. The molecule has 1 aromatic carbocycles. The number of non-ortho nitro benzene ring substituents is 1. The highest BCUT2D eigenvalue weighted by atomic mass is 35.5. The molecule has 84 valence electrons. The Morgan fingerprint density at radius 1 is 1.25 bits per heavy atom. The van der Waals surface area contributed by atoms with Crippen molar-refractivity contribution in [3.63, 3.8) is 0 Å². The van der Waals surface area contributed by atoms with Gasteiger partial charge in [0.05, 0.1) is 4.92 Å². The number of hydrogen-bond donors (Lipinski definition) is 0. The van der Waals surface area contributed by atoms with Gasteiger partial charge in [-0.2, -0.15) is 0 Å². The standard InChI is InChI=1S/C11H10ClNO3/c1-7(8(2)11(12)14)9-3-5-10(6-4-9)13(15)16/h3-6H,1-2H3. The van der Waals surface area contributed by atoms with Crippen LogP contribution in [0.2, 0.25) is 0 Å². The number of halogens is 1. The van der Waals surface area contributed by atoms with Crippen molar-refractivity contribution in [2.75, 3.05) is 0 Å². The minimum Gasteiger partial charge on any atom is -0.276 e. The summed E-state index contributed by atoms with van der Waals surface area (Å²) in [5.74, 6) is 0. The Morgan fingerprint density at radius 2 is 1.75 bits per heavy atom. The Hall–Kier alpha value is -1.68. The van der Waals surface area contributed by atoms with Crippen LogP contribution in [0.1, 0.15) is 19.4 Å². The Morgan fingerprint density at radius 3 is 2.12 bits per heavy atom. The average Bonchev–Trinajstić information content (AvgIpc) is 2.27. The van der Waals surface area contributed by atoms with E-state index in [2.05, 4.69) is 0 Å². The molecule has 4 nitrogen and oxygen atoms in total. The largest absolute Gasteiger partial charge is 0.276 e. The SMILES string of the molecule is CC(C(=O)Cl)=C(C)c1ccc([N+](=O)[O-])cc1. The van der Waals surface area contributed by atoms with Gasteiger partial charge in [0.1, 0.15) is 0 Å². The van der Waals surface area contributed by atoms with Gasteiger partial charge in [0.25, 0.3) is 5.69 Å². The first-order valence-corrected chi connectivity index (χ1v) is 4.93. The first-order valence-electron chi connectivity index (χ1n) is 4.55. The molecule has 0 spiro atoms. The smallest absolute Gasteiger partial charge is 0.269 e. The van der Waals surface area contributed by atoms with Gasteiger partial charge in [-0.1, -0.05) is 0 Å². The van der Waals surface area contributed by atoms with Crippen molar-refractivity contribution in [1.82, 2.24) is 0 Å². The number of nitrogens with zero attached hydrogens (tertiary/aromatic N) is 1. The number of hydrogen-bond acceptors (Lipinski definition) is 3. The van der Waals surface area contributed by atoms with E-state index < -0.39 is 10.2 Å². The minimum atomic E-state index is -0.518. The highest BCUT2D eigenvalue weighted by molar-refractivity contribution is 6.68. The lowest BCUT2D eigenvalue weighted by Gasteiger charge is -2.03. The van der Waals surface area contributed by atoms with Crippen LogP contribution in [0, 0.1) is 10.1 Å². The van der Waals surface area contributed by atoms with Crippen LogP contribution in [0.5, 0.6) is 0 Å². The highest BCUT2D eigenvalue weighted by Crippen LogP contribution is 2.22. The second-order valence-electron chi connectivity index (χ2n) is 3.33. The van der Waals surface area contributed by atoms with E-state index in [4.69, 9.17) is 11.6 Å². The second kappa shape index (κ2) is 4.90. The lowest BCUT2D eigenvalue weighted by atomic mass is 10.0. The van der Waals surface area contributed by atoms with E-state index in [9.17, 15) is 14.9 Å². The third-order valence-corrected chi connectivity index (χ3v) is 2.65. The van der Waals surface area contributed by atoms with Gasteiger partial charge in [-0.25, -0.2) is 0 Å². The molecule has 16 heavy (non-hydrogen) atoms. The number of carbonyl (C=O) groups is 1. The lowest BCUT2D eigenvalue weighted by molar-refractivity contribution is -0.384. The second-order valence-corrected chi connectivity index (χ2v) is 3.67. The van der Waals surface area contributed by atoms with Gasteiger partial charge in [-0.15, -0.1) is 0 Å². The Balaban J connectivity index is 3.12. The molecule has 0 atom stereocenters. The van der Waals surface area contributed by atoms with Gasteiger partial charge in [0.15, 0.2) is 0 Å². The quantitative estimate of drug-likeness (QED) is 0.352. The molecule has 0 amide bonds. The molecule has 0 unspecified atom stereocenters. The molecule has 0 aliphatic rings. The summed E-state index contributed by atoms with van der Waals surface area (Å²) >= 11 is 5.35. The van der Waals surface area contributed by atoms with E-state index in [0.29, 0.717) is 5.57 Å². The van der Waals surface area contributed by atoms with Crippen molar-refractivity contribution in [3.05, 3.63) is 45.5 Å². The van der Waals surface area contributed by atoms with E-state index in [1.165, 1.54) is 12.1 Å². The Labute approximate surface area is 97.7 Å².